The van der Waals surface area contributed by atoms with Gasteiger partial charge in [-0.1, -0.05) is 36.4 Å². The van der Waals surface area contributed by atoms with Crippen molar-refractivity contribution in [1.29, 1.82) is 0 Å². The third kappa shape index (κ3) is 3.29. The normalized spacial score (nSPS) is 16.9. The van der Waals surface area contributed by atoms with Gasteiger partial charge < -0.3 is 4.74 Å². The second kappa shape index (κ2) is 5.64. The second-order valence-electron chi connectivity index (χ2n) is 5.26. The van der Waals surface area contributed by atoms with Crippen LogP contribution in [0.25, 0.3) is 6.08 Å². The first-order chi connectivity index (χ1) is 11.1. The maximum atomic E-state index is 12.4. The third-order valence-corrected chi connectivity index (χ3v) is 4.64. The van der Waals surface area contributed by atoms with Crippen LogP contribution >= 0.6 is 0 Å². The third-order valence-electron chi connectivity index (χ3n) is 3.66. The van der Waals surface area contributed by atoms with Crippen LogP contribution in [0, 0.1) is 0 Å². The van der Waals surface area contributed by atoms with E-state index in [0.29, 0.717) is 0 Å². The van der Waals surface area contributed by atoms with Gasteiger partial charge >= 0.3 is 6.36 Å². The molecule has 0 radical (unpaired) electrons. The predicted molar refractivity (Wildman–Crippen MR) is 81.8 cm³/mol. The molecule has 24 heavy (non-hydrogen) atoms. The van der Waals surface area contributed by atoms with E-state index in [1.807, 2.05) is 12.1 Å². The van der Waals surface area contributed by atoms with Gasteiger partial charge in [0.2, 0.25) is 10.0 Å². The lowest BCUT2D eigenvalue weighted by Gasteiger charge is -2.17. The molecule has 0 fully saturated rings. The van der Waals surface area contributed by atoms with Crippen LogP contribution in [0.2, 0.25) is 0 Å². The molecule has 2 aromatic rings. The monoisotopic (exact) mass is 355 g/mol. The first kappa shape index (κ1) is 16.5. The van der Waals surface area contributed by atoms with Crippen molar-refractivity contribution in [3.63, 3.8) is 0 Å². The van der Waals surface area contributed by atoms with Gasteiger partial charge in [0.1, 0.15) is 5.75 Å². The van der Waals surface area contributed by atoms with E-state index in [-0.39, 0.29) is 10.5 Å². The summed E-state index contributed by atoms with van der Waals surface area (Å²) in [7, 11) is -4.10. The first-order valence-electron chi connectivity index (χ1n) is 6.85. The number of nitrogens with two attached hydrogens (primary N) is 1. The lowest BCUT2D eigenvalue weighted by Crippen LogP contribution is -2.19. The molecule has 1 aliphatic rings. The number of fused-ring (bicyclic) bond motifs is 1. The Bertz CT molecular complexity index is 920. The van der Waals surface area contributed by atoms with Gasteiger partial charge in [0.15, 0.2) is 0 Å². The van der Waals surface area contributed by atoms with Crippen molar-refractivity contribution in [1.82, 2.24) is 0 Å². The highest BCUT2D eigenvalue weighted by molar-refractivity contribution is 7.89. The minimum atomic E-state index is -4.87. The van der Waals surface area contributed by atoms with E-state index < -0.39 is 28.1 Å². The number of primary sulfonamides is 1. The maximum Gasteiger partial charge on any atom is 0.573 e. The van der Waals surface area contributed by atoms with E-state index in [1.54, 1.807) is 24.3 Å². The standard InChI is InChI=1S/C16H12F3NO3S/c17-16(18,19)23-11-6-8-15(24(20,21)22)14(9-11)13-7-5-10-3-1-2-4-12(10)13/h1-9,13H,(H2,20,21,22). The summed E-state index contributed by atoms with van der Waals surface area (Å²) in [6.45, 7) is 0. The maximum absolute atomic E-state index is 12.4. The van der Waals surface area contributed by atoms with Crippen LogP contribution in [0.4, 0.5) is 13.2 Å². The van der Waals surface area contributed by atoms with E-state index in [2.05, 4.69) is 4.74 Å². The molecule has 0 bridgehead atoms. The average Bonchev–Trinajstić information content (AvgIpc) is 2.88. The van der Waals surface area contributed by atoms with Crippen LogP contribution in [0.5, 0.6) is 5.75 Å². The van der Waals surface area contributed by atoms with Gasteiger partial charge in [-0.25, -0.2) is 13.6 Å². The fraction of sp³-hybridized carbons (Fsp3) is 0.125. The summed E-state index contributed by atoms with van der Waals surface area (Å²) in [4.78, 5) is -0.233. The fourth-order valence-corrected chi connectivity index (χ4v) is 3.52. The number of rotatable bonds is 3. The van der Waals surface area contributed by atoms with Gasteiger partial charge in [0.05, 0.1) is 4.90 Å². The first-order valence-corrected chi connectivity index (χ1v) is 8.39. The molecule has 0 heterocycles. The fourth-order valence-electron chi connectivity index (χ4n) is 2.75. The Balaban J connectivity index is 2.15. The zero-order chi connectivity index (χ0) is 17.5. The van der Waals surface area contributed by atoms with Crippen molar-refractivity contribution in [2.75, 3.05) is 0 Å². The largest absolute Gasteiger partial charge is 0.573 e. The van der Waals surface area contributed by atoms with Crippen LogP contribution in [0.15, 0.2) is 53.4 Å². The van der Waals surface area contributed by atoms with E-state index in [1.165, 1.54) is 0 Å². The topological polar surface area (TPSA) is 69.4 Å². The molecule has 1 atom stereocenters. The quantitative estimate of drug-likeness (QED) is 0.918. The van der Waals surface area contributed by atoms with Gasteiger partial charge in [-0.05, 0) is 34.9 Å². The van der Waals surface area contributed by atoms with Gasteiger partial charge in [0.25, 0.3) is 0 Å². The Morgan fingerprint density at radius 3 is 2.42 bits per heavy atom. The van der Waals surface area contributed by atoms with E-state index in [4.69, 9.17) is 5.14 Å². The summed E-state index contributed by atoms with van der Waals surface area (Å²) < 4.78 is 64.9. The smallest absolute Gasteiger partial charge is 0.406 e. The summed E-state index contributed by atoms with van der Waals surface area (Å²) >= 11 is 0. The summed E-state index contributed by atoms with van der Waals surface area (Å²) in [6, 6.07) is 10.2. The zero-order valence-corrected chi connectivity index (χ0v) is 12.9. The average molecular weight is 355 g/mol. The number of allylic oxidation sites excluding steroid dienone is 1. The number of sulfonamides is 1. The highest BCUT2D eigenvalue weighted by Gasteiger charge is 2.32. The number of hydrogen-bond acceptors (Lipinski definition) is 3. The van der Waals surface area contributed by atoms with Crippen molar-refractivity contribution in [3.8, 4) is 5.75 Å². The van der Waals surface area contributed by atoms with Gasteiger partial charge in [-0.2, -0.15) is 0 Å². The number of hydrogen-bond donors (Lipinski definition) is 1. The van der Waals surface area contributed by atoms with E-state index >= 15 is 0 Å². The lowest BCUT2D eigenvalue weighted by molar-refractivity contribution is -0.274. The van der Waals surface area contributed by atoms with E-state index in [0.717, 1.165) is 29.3 Å². The molecule has 0 aromatic heterocycles. The van der Waals surface area contributed by atoms with Gasteiger partial charge in [-0.15, -0.1) is 13.2 Å². The molecule has 1 aliphatic carbocycles. The molecule has 2 N–H and O–H groups in total. The number of alkyl halides is 3. The molecule has 0 saturated carbocycles. The summed E-state index contributed by atoms with van der Waals surface area (Å²) in [6.07, 6.45) is -1.37. The van der Waals surface area contributed by atoms with Crippen LogP contribution in [-0.4, -0.2) is 14.8 Å². The number of benzene rings is 2. The molecule has 1 unspecified atom stereocenters. The predicted octanol–water partition coefficient (Wildman–Crippen LogP) is 3.39. The van der Waals surface area contributed by atoms with Crippen LogP contribution in [0.3, 0.4) is 0 Å². The van der Waals surface area contributed by atoms with Crippen molar-refractivity contribution >= 4 is 16.1 Å². The molecule has 2 aromatic carbocycles. The van der Waals surface area contributed by atoms with Crippen LogP contribution in [-0.2, 0) is 10.0 Å². The summed E-state index contributed by atoms with van der Waals surface area (Å²) in [5.41, 5.74) is 1.79. The molecule has 126 valence electrons. The molecular formula is C16H12F3NO3S. The van der Waals surface area contributed by atoms with Crippen LogP contribution in [0.1, 0.15) is 22.6 Å². The minimum absolute atomic E-state index is 0.139. The molecule has 8 heteroatoms. The van der Waals surface area contributed by atoms with Crippen molar-refractivity contribution in [2.45, 2.75) is 17.2 Å². The second-order valence-corrected chi connectivity index (χ2v) is 6.79. The molecule has 0 amide bonds. The van der Waals surface area contributed by atoms with Crippen molar-refractivity contribution in [2.24, 2.45) is 5.14 Å². The Hall–Kier alpha value is -2.32. The number of halogens is 3. The summed E-state index contributed by atoms with van der Waals surface area (Å²) in [5, 5.41) is 5.21. The van der Waals surface area contributed by atoms with Crippen LogP contribution < -0.4 is 9.88 Å². The minimum Gasteiger partial charge on any atom is -0.406 e. The molecule has 3 rings (SSSR count). The zero-order valence-electron chi connectivity index (χ0n) is 12.1. The molecule has 0 aliphatic heterocycles. The Morgan fingerprint density at radius 2 is 1.75 bits per heavy atom. The molecule has 0 spiro atoms. The highest BCUT2D eigenvalue weighted by atomic mass is 32.2. The van der Waals surface area contributed by atoms with Crippen molar-refractivity contribution in [3.05, 3.63) is 65.2 Å². The number of ether oxygens (including phenoxy) is 1. The SMILES string of the molecule is NS(=O)(=O)c1ccc(OC(F)(F)F)cc1C1C=Cc2ccccc21. The molecule has 0 saturated heterocycles. The van der Waals surface area contributed by atoms with Crippen molar-refractivity contribution < 1.29 is 26.3 Å². The highest BCUT2D eigenvalue weighted by Crippen LogP contribution is 2.39. The van der Waals surface area contributed by atoms with Gasteiger partial charge in [0, 0.05) is 5.92 Å². The Kier molecular flexibility index (Phi) is 3.89. The Morgan fingerprint density at radius 1 is 1.04 bits per heavy atom. The van der Waals surface area contributed by atoms with E-state index in [9.17, 15) is 21.6 Å². The molecular weight excluding hydrogens is 343 g/mol. The lowest BCUT2D eigenvalue weighted by atomic mass is 9.93. The summed E-state index contributed by atoms with van der Waals surface area (Å²) in [5.74, 6) is -1.02. The molecule has 4 nitrogen and oxygen atoms in total. The Labute approximate surface area is 136 Å². The van der Waals surface area contributed by atoms with Gasteiger partial charge in [-0.3, -0.25) is 0 Å².